The minimum absolute atomic E-state index is 0.0316. The number of nitrogens with one attached hydrogen (secondary N) is 1. The van der Waals surface area contributed by atoms with Crippen molar-refractivity contribution in [3.05, 3.63) is 78.2 Å². The quantitative estimate of drug-likeness (QED) is 0.376. The van der Waals surface area contributed by atoms with Crippen molar-refractivity contribution < 1.29 is 26.3 Å². The largest absolute Gasteiger partial charge is 0.417 e. The second kappa shape index (κ2) is 7.53. The fourth-order valence-electron chi connectivity index (χ4n) is 3.03. The van der Waals surface area contributed by atoms with Crippen LogP contribution in [0.15, 0.2) is 67.1 Å². The van der Waals surface area contributed by atoms with Crippen molar-refractivity contribution in [3.63, 3.8) is 0 Å². The third-order valence-electron chi connectivity index (χ3n) is 4.50. The van der Waals surface area contributed by atoms with Gasteiger partial charge in [0.2, 0.25) is 0 Å². The van der Waals surface area contributed by atoms with Gasteiger partial charge in [-0.25, -0.2) is 9.97 Å². The van der Waals surface area contributed by atoms with Gasteiger partial charge in [-0.1, -0.05) is 12.1 Å². The second-order valence-corrected chi connectivity index (χ2v) is 6.58. The Labute approximate surface area is 171 Å². The standard InChI is InChI=1S/C21H12F6N4/c22-20(23,24)13-2-4-14(5-3-13)31-19-10-17(29-11-30-19)12-1-6-15-16(21(25,26)27)7-8-28-18(15)9-12/h1-11H,(H,29,30,31). The number of halogens is 6. The molecule has 0 aliphatic carbocycles. The van der Waals surface area contributed by atoms with Crippen LogP contribution in [0, 0.1) is 0 Å². The summed E-state index contributed by atoms with van der Waals surface area (Å²) in [4.78, 5) is 12.2. The van der Waals surface area contributed by atoms with Crippen LogP contribution in [0.5, 0.6) is 0 Å². The van der Waals surface area contributed by atoms with Gasteiger partial charge in [-0.2, -0.15) is 26.3 Å². The van der Waals surface area contributed by atoms with Gasteiger partial charge in [0.15, 0.2) is 0 Å². The van der Waals surface area contributed by atoms with Gasteiger partial charge in [0.1, 0.15) is 12.1 Å². The Morgan fingerprint density at radius 3 is 2.13 bits per heavy atom. The first-order chi connectivity index (χ1) is 14.6. The molecule has 10 heteroatoms. The molecule has 2 heterocycles. The molecule has 0 aliphatic heterocycles. The maximum atomic E-state index is 13.2. The van der Waals surface area contributed by atoms with E-state index in [1.807, 2.05) is 0 Å². The predicted molar refractivity (Wildman–Crippen MR) is 102 cm³/mol. The number of pyridine rings is 1. The second-order valence-electron chi connectivity index (χ2n) is 6.58. The molecule has 4 rings (SSSR count). The Kier molecular flexibility index (Phi) is 5.00. The van der Waals surface area contributed by atoms with Gasteiger partial charge >= 0.3 is 12.4 Å². The number of anilines is 2. The van der Waals surface area contributed by atoms with Crippen molar-refractivity contribution in [2.45, 2.75) is 12.4 Å². The lowest BCUT2D eigenvalue weighted by atomic mass is 10.0. The molecule has 0 amide bonds. The highest BCUT2D eigenvalue weighted by molar-refractivity contribution is 5.86. The highest BCUT2D eigenvalue weighted by Gasteiger charge is 2.32. The summed E-state index contributed by atoms with van der Waals surface area (Å²) in [7, 11) is 0. The number of hydrogen-bond acceptors (Lipinski definition) is 4. The summed E-state index contributed by atoms with van der Waals surface area (Å²) in [5.41, 5.74) is -0.0988. The Hall–Kier alpha value is -3.69. The molecule has 4 nitrogen and oxygen atoms in total. The Balaban J connectivity index is 1.63. The number of fused-ring (bicyclic) bond motifs is 1. The van der Waals surface area contributed by atoms with Gasteiger partial charge in [-0.05, 0) is 36.4 Å². The molecule has 0 unspecified atom stereocenters. The summed E-state index contributed by atoms with van der Waals surface area (Å²) >= 11 is 0. The summed E-state index contributed by atoms with van der Waals surface area (Å²) in [6, 6.07) is 11.2. The molecule has 31 heavy (non-hydrogen) atoms. The van der Waals surface area contributed by atoms with Gasteiger partial charge in [-0.15, -0.1) is 0 Å². The number of nitrogens with zero attached hydrogens (tertiary/aromatic N) is 3. The topological polar surface area (TPSA) is 50.7 Å². The highest BCUT2D eigenvalue weighted by Crippen LogP contribution is 2.35. The van der Waals surface area contributed by atoms with E-state index in [2.05, 4.69) is 20.3 Å². The van der Waals surface area contributed by atoms with Crippen LogP contribution < -0.4 is 5.32 Å². The van der Waals surface area contributed by atoms with Crippen molar-refractivity contribution in [1.82, 2.24) is 15.0 Å². The number of rotatable bonds is 3. The Bertz CT molecular complexity index is 1230. The van der Waals surface area contributed by atoms with Gasteiger partial charge in [0.05, 0.1) is 22.3 Å². The minimum Gasteiger partial charge on any atom is -0.340 e. The average Bonchev–Trinajstić information content (AvgIpc) is 2.72. The summed E-state index contributed by atoms with van der Waals surface area (Å²) < 4.78 is 77.6. The Morgan fingerprint density at radius 1 is 0.710 bits per heavy atom. The van der Waals surface area contributed by atoms with Crippen LogP contribution in [-0.2, 0) is 12.4 Å². The smallest absolute Gasteiger partial charge is 0.340 e. The van der Waals surface area contributed by atoms with E-state index in [4.69, 9.17) is 0 Å². The lowest BCUT2D eigenvalue weighted by Gasteiger charge is -2.11. The molecule has 0 saturated heterocycles. The summed E-state index contributed by atoms with van der Waals surface area (Å²) in [6.45, 7) is 0. The van der Waals surface area contributed by atoms with Gasteiger partial charge < -0.3 is 5.32 Å². The molecular weight excluding hydrogens is 422 g/mol. The Morgan fingerprint density at radius 2 is 1.45 bits per heavy atom. The van der Waals surface area contributed by atoms with Crippen molar-refractivity contribution in [1.29, 1.82) is 0 Å². The first-order valence-corrected chi connectivity index (χ1v) is 8.84. The first-order valence-electron chi connectivity index (χ1n) is 8.84. The molecule has 0 saturated carbocycles. The van der Waals surface area contributed by atoms with E-state index < -0.39 is 23.5 Å². The molecule has 0 aliphatic rings. The molecular formula is C21H12F6N4. The minimum atomic E-state index is -4.50. The predicted octanol–water partition coefficient (Wildman–Crippen LogP) is 6.47. The summed E-state index contributed by atoms with van der Waals surface area (Å²) in [5.74, 6) is 0.307. The maximum absolute atomic E-state index is 13.2. The zero-order chi connectivity index (χ0) is 22.2. The monoisotopic (exact) mass is 434 g/mol. The molecule has 2 aromatic carbocycles. The van der Waals surface area contributed by atoms with Crippen LogP contribution in [0.4, 0.5) is 37.8 Å². The third-order valence-corrected chi connectivity index (χ3v) is 4.50. The number of hydrogen-bond donors (Lipinski definition) is 1. The molecule has 0 spiro atoms. The highest BCUT2D eigenvalue weighted by atomic mass is 19.4. The normalized spacial score (nSPS) is 12.2. The van der Waals surface area contributed by atoms with Crippen LogP contribution in [0.25, 0.3) is 22.2 Å². The van der Waals surface area contributed by atoms with Crippen LogP contribution in [0.2, 0.25) is 0 Å². The van der Waals surface area contributed by atoms with Gasteiger partial charge in [0.25, 0.3) is 0 Å². The van der Waals surface area contributed by atoms with Crippen LogP contribution in [0.1, 0.15) is 11.1 Å². The molecule has 4 aromatic rings. The molecule has 0 fully saturated rings. The maximum Gasteiger partial charge on any atom is 0.417 e. The molecule has 1 N–H and O–H groups in total. The molecule has 0 atom stereocenters. The average molecular weight is 434 g/mol. The molecule has 2 aromatic heterocycles. The van der Waals surface area contributed by atoms with Gasteiger partial charge in [-0.3, -0.25) is 4.98 Å². The van der Waals surface area contributed by atoms with E-state index in [0.29, 0.717) is 22.8 Å². The van der Waals surface area contributed by atoms with E-state index in [1.165, 1.54) is 42.7 Å². The summed E-state index contributed by atoms with van der Waals surface area (Å²) in [5, 5.41) is 2.84. The fourth-order valence-corrected chi connectivity index (χ4v) is 3.03. The van der Waals surface area contributed by atoms with Crippen LogP contribution >= 0.6 is 0 Å². The van der Waals surface area contributed by atoms with E-state index in [0.717, 1.165) is 24.4 Å². The van der Waals surface area contributed by atoms with E-state index in [-0.39, 0.29) is 10.9 Å². The number of benzene rings is 2. The van der Waals surface area contributed by atoms with Crippen molar-refractivity contribution >= 4 is 22.4 Å². The van der Waals surface area contributed by atoms with E-state index in [9.17, 15) is 26.3 Å². The first kappa shape index (κ1) is 20.6. The van der Waals surface area contributed by atoms with Crippen LogP contribution in [0.3, 0.4) is 0 Å². The van der Waals surface area contributed by atoms with Gasteiger partial charge in [0, 0.05) is 28.9 Å². The van der Waals surface area contributed by atoms with Crippen LogP contribution in [-0.4, -0.2) is 15.0 Å². The molecule has 0 radical (unpaired) electrons. The zero-order valence-corrected chi connectivity index (χ0v) is 15.5. The molecule has 158 valence electrons. The van der Waals surface area contributed by atoms with E-state index in [1.54, 1.807) is 0 Å². The summed E-state index contributed by atoms with van der Waals surface area (Å²) in [6.07, 6.45) is -6.61. The zero-order valence-electron chi connectivity index (χ0n) is 15.5. The lowest BCUT2D eigenvalue weighted by Crippen LogP contribution is -2.06. The van der Waals surface area contributed by atoms with Crippen molar-refractivity contribution in [3.8, 4) is 11.3 Å². The third kappa shape index (κ3) is 4.42. The number of alkyl halides is 6. The lowest BCUT2D eigenvalue weighted by molar-refractivity contribution is -0.138. The SMILES string of the molecule is FC(F)(F)c1ccc(Nc2cc(-c3ccc4c(C(F)(F)F)ccnc4c3)ncn2)cc1. The molecule has 0 bridgehead atoms. The van der Waals surface area contributed by atoms with E-state index >= 15 is 0 Å². The fraction of sp³-hybridized carbons (Fsp3) is 0.0952. The van der Waals surface area contributed by atoms with Crippen molar-refractivity contribution in [2.75, 3.05) is 5.32 Å². The van der Waals surface area contributed by atoms with Crippen molar-refractivity contribution in [2.24, 2.45) is 0 Å². The number of aromatic nitrogens is 3.